The molecule has 8 nitrogen and oxygen atoms in total. The first kappa shape index (κ1) is 23.7. The average molecular weight is 521 g/mol. The molecular weight excluding hydrogens is 496 g/mol. The molecule has 0 spiro atoms. The summed E-state index contributed by atoms with van der Waals surface area (Å²) in [5, 5.41) is 25.2. The summed E-state index contributed by atoms with van der Waals surface area (Å²) in [6.45, 7) is 1.54. The summed E-state index contributed by atoms with van der Waals surface area (Å²) in [7, 11) is 0. The zero-order valence-electron chi connectivity index (χ0n) is 21.2. The van der Waals surface area contributed by atoms with Crippen LogP contribution in [0.2, 0.25) is 0 Å². The molecule has 0 saturated carbocycles. The quantitative estimate of drug-likeness (QED) is 0.198. The number of aliphatic hydroxyl groups excluding tert-OH is 2. The van der Waals surface area contributed by atoms with E-state index in [1.54, 1.807) is 24.3 Å². The van der Waals surface area contributed by atoms with Crippen LogP contribution in [0.15, 0.2) is 48.5 Å². The van der Waals surface area contributed by atoms with Gasteiger partial charge >= 0.3 is 0 Å². The molecule has 2 aliphatic rings. The van der Waals surface area contributed by atoms with Crippen LogP contribution < -0.4 is 0 Å². The van der Waals surface area contributed by atoms with Crippen molar-refractivity contribution in [2.24, 2.45) is 0 Å². The van der Waals surface area contributed by atoms with Gasteiger partial charge in [-0.3, -0.25) is 29.0 Å². The summed E-state index contributed by atoms with van der Waals surface area (Å²) < 4.78 is 0. The number of carbonyl (C=O) groups excluding carboxylic acids is 4. The molecule has 39 heavy (non-hydrogen) atoms. The van der Waals surface area contributed by atoms with Crippen LogP contribution >= 0.6 is 0 Å². The highest BCUT2D eigenvalue weighted by Gasteiger charge is 2.38. The van der Waals surface area contributed by atoms with Crippen molar-refractivity contribution in [1.82, 2.24) is 9.80 Å². The van der Waals surface area contributed by atoms with E-state index in [2.05, 4.69) is 0 Å². The van der Waals surface area contributed by atoms with Gasteiger partial charge in [0.1, 0.15) is 0 Å². The van der Waals surface area contributed by atoms with Gasteiger partial charge in [0.2, 0.25) is 0 Å². The first-order chi connectivity index (χ1) is 18.9. The van der Waals surface area contributed by atoms with Gasteiger partial charge in [-0.05, 0) is 69.4 Å². The van der Waals surface area contributed by atoms with Gasteiger partial charge in [-0.25, -0.2) is 0 Å². The van der Waals surface area contributed by atoms with Crippen LogP contribution in [0, 0.1) is 0 Å². The summed E-state index contributed by atoms with van der Waals surface area (Å²) in [6.07, 6.45) is 0.746. The molecule has 1 atom stereocenters. The monoisotopic (exact) mass is 520 g/mol. The number of benzene rings is 5. The second kappa shape index (κ2) is 8.30. The third-order valence-electron chi connectivity index (χ3n) is 8.34. The van der Waals surface area contributed by atoms with Crippen LogP contribution in [0.5, 0.6) is 0 Å². The van der Waals surface area contributed by atoms with E-state index in [0.29, 0.717) is 45.9 Å². The molecule has 0 aromatic heterocycles. The van der Waals surface area contributed by atoms with Crippen LogP contribution in [-0.4, -0.2) is 69.4 Å². The minimum Gasteiger partial charge on any atom is -0.396 e. The highest BCUT2D eigenvalue weighted by molar-refractivity contribution is 6.41. The number of amides is 4. The third-order valence-corrected chi connectivity index (χ3v) is 8.34. The fraction of sp³-hybridized carbons (Fsp3) is 0.226. The normalized spacial score (nSPS) is 16.1. The summed E-state index contributed by atoms with van der Waals surface area (Å²) in [5.41, 5.74) is 1.70. The standard InChI is InChI=1S/C31H24N2O6/c1-2-15(14-35)33-30(38)22-10-6-18-16-4-8-20-26-21(29(37)32(28(20)36)12-3-13-34)9-5-17(24(16)26)19-7-11-23(31(33)39)27(22)25(18)19/h4-11,15,34-35H,2-3,12-14H2,1H3. The number of hydrogen-bond acceptors (Lipinski definition) is 6. The van der Waals surface area contributed by atoms with Gasteiger partial charge in [-0.1, -0.05) is 31.2 Å². The zero-order chi connectivity index (χ0) is 27.2. The lowest BCUT2D eigenvalue weighted by Gasteiger charge is -2.33. The molecule has 7 rings (SSSR count). The van der Waals surface area contributed by atoms with E-state index in [0.717, 1.165) is 32.3 Å². The minimum absolute atomic E-state index is 0.121. The van der Waals surface area contributed by atoms with Crippen molar-refractivity contribution < 1.29 is 29.4 Å². The molecule has 0 saturated heterocycles. The SMILES string of the molecule is CCC(CO)N1C(=O)c2ccc3c4ccc5c6c(ccc(c7ccc(c2c37)C1=O)c64)C(=O)N(CCCO)C5=O. The Kier molecular flexibility index (Phi) is 5.04. The number of hydrogen-bond donors (Lipinski definition) is 2. The van der Waals surface area contributed by atoms with Gasteiger partial charge in [0.25, 0.3) is 23.6 Å². The molecule has 2 aliphatic heterocycles. The second-order valence-corrected chi connectivity index (χ2v) is 10.2. The molecule has 2 heterocycles. The number of carbonyl (C=O) groups is 4. The molecule has 0 fully saturated rings. The van der Waals surface area contributed by atoms with Gasteiger partial charge in [0.05, 0.1) is 12.6 Å². The number of nitrogens with zero attached hydrogens (tertiary/aromatic N) is 2. The highest BCUT2D eigenvalue weighted by atomic mass is 16.3. The van der Waals surface area contributed by atoms with E-state index >= 15 is 0 Å². The predicted octanol–water partition coefficient (Wildman–Crippen LogP) is 4.08. The molecule has 0 aliphatic carbocycles. The minimum atomic E-state index is -0.607. The molecule has 2 N–H and O–H groups in total. The summed E-state index contributed by atoms with van der Waals surface area (Å²) in [5.74, 6) is -1.61. The number of fused-ring (bicyclic) bond motifs is 2. The molecule has 0 bridgehead atoms. The average Bonchev–Trinajstić information content (AvgIpc) is 2.96. The molecule has 0 radical (unpaired) electrons. The van der Waals surface area contributed by atoms with Crippen LogP contribution in [-0.2, 0) is 0 Å². The van der Waals surface area contributed by atoms with E-state index in [-0.39, 0.29) is 31.6 Å². The Morgan fingerprint density at radius 3 is 1.38 bits per heavy atom. The van der Waals surface area contributed by atoms with Gasteiger partial charge in [0.15, 0.2) is 0 Å². The van der Waals surface area contributed by atoms with Gasteiger partial charge < -0.3 is 10.2 Å². The number of imide groups is 2. The zero-order valence-corrected chi connectivity index (χ0v) is 21.2. The first-order valence-electron chi connectivity index (χ1n) is 13.1. The molecule has 194 valence electrons. The van der Waals surface area contributed by atoms with Crippen molar-refractivity contribution in [3.63, 3.8) is 0 Å². The second-order valence-electron chi connectivity index (χ2n) is 10.2. The predicted molar refractivity (Wildman–Crippen MR) is 146 cm³/mol. The van der Waals surface area contributed by atoms with Gasteiger partial charge in [-0.15, -0.1) is 0 Å². The summed E-state index contributed by atoms with van der Waals surface area (Å²) >= 11 is 0. The summed E-state index contributed by atoms with van der Waals surface area (Å²) in [6, 6.07) is 13.8. The maximum Gasteiger partial charge on any atom is 0.261 e. The Morgan fingerprint density at radius 2 is 1.03 bits per heavy atom. The molecule has 1 unspecified atom stereocenters. The van der Waals surface area contributed by atoms with Crippen LogP contribution in [0.4, 0.5) is 0 Å². The molecule has 5 aromatic rings. The van der Waals surface area contributed by atoms with Gasteiger partial charge in [-0.2, -0.15) is 0 Å². The van der Waals surface area contributed by atoms with Gasteiger partial charge in [0, 0.05) is 46.2 Å². The van der Waals surface area contributed by atoms with Crippen LogP contribution in [0.25, 0.3) is 43.1 Å². The van der Waals surface area contributed by atoms with Crippen molar-refractivity contribution in [1.29, 1.82) is 0 Å². The molecule has 8 heteroatoms. The lowest BCUT2D eigenvalue weighted by molar-refractivity contribution is 0.0464. The maximum atomic E-state index is 13.6. The highest BCUT2D eigenvalue weighted by Crippen LogP contribution is 2.46. The lowest BCUT2D eigenvalue weighted by atomic mass is 9.82. The van der Waals surface area contributed by atoms with Crippen LogP contribution in [0.1, 0.15) is 61.2 Å². The first-order valence-corrected chi connectivity index (χ1v) is 13.1. The third kappa shape index (κ3) is 2.90. The Hall–Kier alpha value is -4.40. The fourth-order valence-corrected chi connectivity index (χ4v) is 6.49. The van der Waals surface area contributed by atoms with E-state index in [9.17, 15) is 29.4 Å². The molecule has 5 aromatic carbocycles. The van der Waals surface area contributed by atoms with E-state index in [4.69, 9.17) is 0 Å². The molecular formula is C31H24N2O6. The number of rotatable bonds is 6. The topological polar surface area (TPSA) is 115 Å². The van der Waals surface area contributed by atoms with E-state index in [1.165, 1.54) is 9.80 Å². The smallest absolute Gasteiger partial charge is 0.261 e. The van der Waals surface area contributed by atoms with Crippen molar-refractivity contribution in [2.45, 2.75) is 25.8 Å². The fourth-order valence-electron chi connectivity index (χ4n) is 6.49. The van der Waals surface area contributed by atoms with Crippen molar-refractivity contribution in [3.8, 4) is 0 Å². The maximum absolute atomic E-state index is 13.6. The Morgan fingerprint density at radius 1 is 0.615 bits per heavy atom. The Balaban J connectivity index is 1.55. The summed E-state index contributed by atoms with van der Waals surface area (Å²) in [4.78, 5) is 56.2. The lowest BCUT2D eigenvalue weighted by Crippen LogP contribution is -2.48. The van der Waals surface area contributed by atoms with Crippen molar-refractivity contribution in [3.05, 3.63) is 70.8 Å². The van der Waals surface area contributed by atoms with E-state index < -0.39 is 17.9 Å². The molecule has 4 amide bonds. The Bertz CT molecular complexity index is 1800. The number of aliphatic hydroxyl groups is 2. The van der Waals surface area contributed by atoms with Crippen molar-refractivity contribution in [2.75, 3.05) is 19.8 Å². The largest absolute Gasteiger partial charge is 0.396 e. The van der Waals surface area contributed by atoms with Crippen molar-refractivity contribution >= 4 is 66.7 Å². The van der Waals surface area contributed by atoms with Crippen LogP contribution in [0.3, 0.4) is 0 Å². The van der Waals surface area contributed by atoms with E-state index in [1.807, 2.05) is 31.2 Å². The Labute approximate surface area is 222 Å².